The van der Waals surface area contributed by atoms with E-state index >= 15 is 0 Å². The van der Waals surface area contributed by atoms with Crippen LogP contribution in [0.5, 0.6) is 0 Å². The van der Waals surface area contributed by atoms with E-state index in [4.69, 9.17) is 0 Å². The second-order valence-electron chi connectivity index (χ2n) is 6.78. The summed E-state index contributed by atoms with van der Waals surface area (Å²) in [6.07, 6.45) is 5.91. The third-order valence-corrected chi connectivity index (χ3v) is 5.37. The Labute approximate surface area is 176 Å². The summed E-state index contributed by atoms with van der Waals surface area (Å²) in [6, 6.07) is 11.5. The number of hydrogen-bond acceptors (Lipinski definition) is 4. The van der Waals surface area contributed by atoms with Crippen molar-refractivity contribution >= 4 is 33.0 Å². The molecule has 0 aliphatic rings. The van der Waals surface area contributed by atoms with Gasteiger partial charge >= 0.3 is 0 Å². The first-order valence-corrected chi connectivity index (χ1v) is 10.1. The van der Waals surface area contributed by atoms with Gasteiger partial charge in [0.1, 0.15) is 5.82 Å². The molecule has 0 bridgehead atoms. The predicted octanol–water partition coefficient (Wildman–Crippen LogP) is 4.41. The van der Waals surface area contributed by atoms with Crippen molar-refractivity contribution in [1.82, 2.24) is 19.2 Å². The van der Waals surface area contributed by atoms with E-state index in [0.717, 1.165) is 27.1 Å². The first kappa shape index (κ1) is 19.3. The minimum atomic E-state index is -0.175. The van der Waals surface area contributed by atoms with Crippen LogP contribution in [0.2, 0.25) is 0 Å². The van der Waals surface area contributed by atoms with Gasteiger partial charge in [-0.25, -0.2) is 4.98 Å². The zero-order chi connectivity index (χ0) is 20.5. The number of rotatable bonds is 4. The van der Waals surface area contributed by atoms with Crippen molar-refractivity contribution in [2.45, 2.75) is 27.2 Å². The van der Waals surface area contributed by atoms with E-state index in [1.165, 1.54) is 4.68 Å². The maximum absolute atomic E-state index is 13.0. The Hall–Kier alpha value is -3.06. The van der Waals surface area contributed by atoms with Crippen molar-refractivity contribution < 1.29 is 0 Å². The van der Waals surface area contributed by atoms with Crippen molar-refractivity contribution in [3.8, 4) is 5.69 Å². The molecule has 0 saturated heterocycles. The molecule has 3 aromatic heterocycles. The van der Waals surface area contributed by atoms with Gasteiger partial charge in [0.05, 0.1) is 29.0 Å². The minimum Gasteiger partial charge on any atom is -0.316 e. The standard InChI is InChI=1S/C22H20BrN5O/c1-4-21-26-20-8-7-17(23)11-19(20)22(29)28(21)25-12-16-10-14(2)27(15(16)3)18-6-5-9-24-13-18/h5-13H,4H2,1-3H3. The van der Waals surface area contributed by atoms with Crippen LogP contribution in [0.15, 0.2) is 63.2 Å². The lowest BCUT2D eigenvalue weighted by atomic mass is 10.2. The van der Waals surface area contributed by atoms with E-state index in [0.29, 0.717) is 23.1 Å². The highest BCUT2D eigenvalue weighted by Crippen LogP contribution is 2.19. The third kappa shape index (κ3) is 3.53. The Balaban J connectivity index is 1.82. The number of nitrogens with zero attached hydrogens (tertiary/aromatic N) is 5. The van der Waals surface area contributed by atoms with Gasteiger partial charge in [0.25, 0.3) is 5.56 Å². The molecule has 29 heavy (non-hydrogen) atoms. The first-order chi connectivity index (χ1) is 14.0. The first-order valence-electron chi connectivity index (χ1n) is 9.34. The summed E-state index contributed by atoms with van der Waals surface area (Å²) in [7, 11) is 0. The number of benzene rings is 1. The largest absolute Gasteiger partial charge is 0.316 e. The monoisotopic (exact) mass is 449 g/mol. The topological polar surface area (TPSA) is 65.1 Å². The predicted molar refractivity (Wildman–Crippen MR) is 119 cm³/mol. The summed E-state index contributed by atoms with van der Waals surface area (Å²) in [6.45, 7) is 6.03. The molecule has 0 N–H and O–H groups in total. The lowest BCUT2D eigenvalue weighted by Gasteiger charge is -2.09. The Morgan fingerprint density at radius 3 is 2.76 bits per heavy atom. The number of aromatic nitrogens is 4. The van der Waals surface area contributed by atoms with Crippen LogP contribution >= 0.6 is 15.9 Å². The van der Waals surface area contributed by atoms with Crippen LogP contribution in [0.4, 0.5) is 0 Å². The lowest BCUT2D eigenvalue weighted by molar-refractivity contribution is 0.734. The molecular weight excluding hydrogens is 430 g/mol. The van der Waals surface area contributed by atoms with Gasteiger partial charge in [-0.3, -0.25) is 9.78 Å². The molecule has 1 aromatic carbocycles. The highest BCUT2D eigenvalue weighted by molar-refractivity contribution is 9.10. The number of halogens is 1. The Morgan fingerprint density at radius 1 is 1.21 bits per heavy atom. The smallest absolute Gasteiger partial charge is 0.282 e. The summed E-state index contributed by atoms with van der Waals surface area (Å²) < 4.78 is 4.35. The van der Waals surface area contributed by atoms with Gasteiger partial charge in [-0.05, 0) is 50.2 Å². The van der Waals surface area contributed by atoms with Crippen LogP contribution in [0, 0.1) is 13.8 Å². The lowest BCUT2D eigenvalue weighted by Crippen LogP contribution is -2.22. The van der Waals surface area contributed by atoms with E-state index < -0.39 is 0 Å². The van der Waals surface area contributed by atoms with Gasteiger partial charge in [-0.1, -0.05) is 22.9 Å². The molecule has 0 atom stereocenters. The molecule has 0 saturated carbocycles. The highest BCUT2D eigenvalue weighted by Gasteiger charge is 2.12. The van der Waals surface area contributed by atoms with Crippen LogP contribution in [-0.2, 0) is 6.42 Å². The molecule has 0 aliphatic carbocycles. The highest BCUT2D eigenvalue weighted by atomic mass is 79.9. The fourth-order valence-corrected chi connectivity index (χ4v) is 3.83. The van der Waals surface area contributed by atoms with E-state index in [1.807, 2.05) is 57.3 Å². The van der Waals surface area contributed by atoms with Gasteiger partial charge in [-0.15, -0.1) is 0 Å². The van der Waals surface area contributed by atoms with Crippen LogP contribution in [0.3, 0.4) is 0 Å². The third-order valence-electron chi connectivity index (χ3n) is 4.88. The molecule has 0 spiro atoms. The van der Waals surface area contributed by atoms with Crippen molar-refractivity contribution in [1.29, 1.82) is 0 Å². The zero-order valence-electron chi connectivity index (χ0n) is 16.4. The van der Waals surface area contributed by atoms with Gasteiger partial charge < -0.3 is 4.57 Å². The molecule has 6 nitrogen and oxygen atoms in total. The van der Waals surface area contributed by atoms with E-state index in [1.54, 1.807) is 18.5 Å². The van der Waals surface area contributed by atoms with Gasteiger partial charge in [0, 0.05) is 34.0 Å². The Kier molecular flexibility index (Phi) is 5.15. The molecule has 3 heterocycles. The van der Waals surface area contributed by atoms with Crippen molar-refractivity contribution in [3.05, 3.63) is 86.4 Å². The molecule has 0 fully saturated rings. The zero-order valence-corrected chi connectivity index (χ0v) is 18.0. The number of aryl methyl sites for hydroxylation is 2. The fraction of sp³-hybridized carbons (Fsp3) is 0.182. The second-order valence-corrected chi connectivity index (χ2v) is 7.69. The summed E-state index contributed by atoms with van der Waals surface area (Å²) >= 11 is 3.42. The Morgan fingerprint density at radius 2 is 2.03 bits per heavy atom. The van der Waals surface area contributed by atoms with Gasteiger partial charge in [0.15, 0.2) is 0 Å². The van der Waals surface area contributed by atoms with Crippen molar-refractivity contribution in [2.75, 3.05) is 0 Å². The number of hydrogen-bond donors (Lipinski definition) is 0. The molecule has 7 heteroatoms. The van der Waals surface area contributed by atoms with Crippen LogP contribution in [-0.4, -0.2) is 25.4 Å². The molecule has 4 aromatic rings. The summed E-state index contributed by atoms with van der Waals surface area (Å²) in [5, 5.41) is 5.04. The number of fused-ring (bicyclic) bond motifs is 1. The Bertz CT molecular complexity index is 1290. The summed E-state index contributed by atoms with van der Waals surface area (Å²) in [4.78, 5) is 21.9. The quantitative estimate of drug-likeness (QED) is 0.433. The fourth-order valence-electron chi connectivity index (χ4n) is 3.46. The van der Waals surface area contributed by atoms with Gasteiger partial charge in [0.2, 0.25) is 0 Å². The maximum atomic E-state index is 13.0. The van der Waals surface area contributed by atoms with Gasteiger partial charge in [-0.2, -0.15) is 9.78 Å². The normalized spacial score (nSPS) is 11.6. The van der Waals surface area contributed by atoms with Crippen LogP contribution in [0.25, 0.3) is 16.6 Å². The molecule has 0 amide bonds. The molecule has 0 aliphatic heterocycles. The molecule has 0 unspecified atom stereocenters. The van der Waals surface area contributed by atoms with E-state index in [-0.39, 0.29) is 5.56 Å². The summed E-state index contributed by atoms with van der Waals surface area (Å²) in [5.41, 5.74) is 4.53. The van der Waals surface area contributed by atoms with Crippen LogP contribution < -0.4 is 5.56 Å². The van der Waals surface area contributed by atoms with Crippen molar-refractivity contribution in [3.63, 3.8) is 0 Å². The average molecular weight is 450 g/mol. The van der Waals surface area contributed by atoms with E-state index in [2.05, 4.69) is 35.6 Å². The molecular formula is C22H20BrN5O. The maximum Gasteiger partial charge on any atom is 0.282 e. The second kappa shape index (κ2) is 7.75. The average Bonchev–Trinajstić information content (AvgIpc) is 3.01. The molecule has 146 valence electrons. The minimum absolute atomic E-state index is 0.175. The SMILES string of the molecule is CCc1nc2ccc(Br)cc2c(=O)n1N=Cc1cc(C)n(-c2cccnc2)c1C. The van der Waals surface area contributed by atoms with E-state index in [9.17, 15) is 4.79 Å². The van der Waals surface area contributed by atoms with Crippen molar-refractivity contribution in [2.24, 2.45) is 5.10 Å². The summed E-state index contributed by atoms with van der Waals surface area (Å²) in [5.74, 6) is 0.627. The van der Waals surface area contributed by atoms with Crippen LogP contribution in [0.1, 0.15) is 29.7 Å². The molecule has 4 rings (SSSR count). The molecule has 0 radical (unpaired) electrons. The number of pyridine rings is 1.